The molecule has 1 aromatic carbocycles. The largest absolute Gasteiger partial charge is 0.281 e. The topological polar surface area (TPSA) is 72.0 Å². The molecule has 112 valence electrons. The van der Waals surface area contributed by atoms with Crippen molar-refractivity contribution in [2.75, 3.05) is 11.0 Å². The molecule has 3 rings (SSSR count). The smallest absolute Gasteiger partial charge is 0.229 e. The Bertz CT molecular complexity index is 958. The fraction of sp³-hybridized carbons (Fsp3) is 0.0667. The number of nitrogens with one attached hydrogen (secondary N) is 1. The number of nitrogens with zero attached hydrogens (tertiary/aromatic N) is 2. The molecule has 2 aromatic heterocycles. The molecule has 0 saturated heterocycles. The first-order valence-electron chi connectivity index (χ1n) is 6.41. The summed E-state index contributed by atoms with van der Waals surface area (Å²) < 4.78 is 25.1. The Balaban J connectivity index is 2.08. The predicted molar refractivity (Wildman–Crippen MR) is 88.5 cm³/mol. The van der Waals surface area contributed by atoms with Crippen molar-refractivity contribution in [3.8, 4) is 11.1 Å². The van der Waals surface area contributed by atoms with Crippen LogP contribution in [0.4, 0.5) is 5.69 Å². The van der Waals surface area contributed by atoms with E-state index >= 15 is 0 Å². The quantitative estimate of drug-likeness (QED) is 0.746. The highest BCUT2D eigenvalue weighted by Gasteiger charge is 2.10. The molecule has 0 unspecified atom stereocenters. The van der Waals surface area contributed by atoms with Crippen LogP contribution in [0.15, 0.2) is 48.8 Å². The van der Waals surface area contributed by atoms with E-state index in [0.29, 0.717) is 0 Å². The zero-order valence-electron chi connectivity index (χ0n) is 11.6. The Morgan fingerprint density at radius 2 is 1.91 bits per heavy atom. The van der Waals surface area contributed by atoms with E-state index < -0.39 is 10.0 Å². The van der Waals surface area contributed by atoms with Gasteiger partial charge in [-0.1, -0.05) is 23.7 Å². The van der Waals surface area contributed by atoms with Crippen LogP contribution in [0.1, 0.15) is 0 Å². The third-order valence-corrected chi connectivity index (χ3v) is 3.96. The van der Waals surface area contributed by atoms with Crippen molar-refractivity contribution in [1.29, 1.82) is 0 Å². The van der Waals surface area contributed by atoms with Crippen molar-refractivity contribution in [1.82, 2.24) is 9.97 Å². The van der Waals surface area contributed by atoms with E-state index in [0.717, 1.165) is 28.3 Å². The highest BCUT2D eigenvalue weighted by atomic mass is 35.5. The van der Waals surface area contributed by atoms with Gasteiger partial charge in [0.05, 0.1) is 17.5 Å². The second-order valence-corrected chi connectivity index (χ2v) is 6.95. The minimum Gasteiger partial charge on any atom is -0.281 e. The molecule has 0 aliphatic heterocycles. The molecule has 2 heterocycles. The third-order valence-electron chi connectivity index (χ3n) is 3.07. The number of benzene rings is 1. The Hall–Kier alpha value is -2.18. The van der Waals surface area contributed by atoms with E-state index in [9.17, 15) is 8.42 Å². The standard InChI is InChI=1S/C15H12ClN3O2S/c1-22(20,21)19-14-8-12(9-18-15(14)16)10-4-5-13-11(7-10)3-2-6-17-13/h2-9,19H,1H3. The molecular formula is C15H12ClN3O2S. The maximum atomic E-state index is 11.4. The van der Waals surface area contributed by atoms with Crippen molar-refractivity contribution in [3.05, 3.63) is 53.9 Å². The average molecular weight is 334 g/mol. The van der Waals surface area contributed by atoms with E-state index in [2.05, 4.69) is 14.7 Å². The first-order valence-corrected chi connectivity index (χ1v) is 8.68. The Morgan fingerprint density at radius 1 is 1.09 bits per heavy atom. The van der Waals surface area contributed by atoms with Gasteiger partial charge in [0.15, 0.2) is 5.15 Å². The summed E-state index contributed by atoms with van der Waals surface area (Å²) in [5, 5.41) is 1.10. The van der Waals surface area contributed by atoms with Gasteiger partial charge in [0, 0.05) is 23.3 Å². The Morgan fingerprint density at radius 3 is 2.68 bits per heavy atom. The monoisotopic (exact) mass is 333 g/mol. The summed E-state index contributed by atoms with van der Waals surface area (Å²) in [7, 11) is -3.42. The van der Waals surface area contributed by atoms with Crippen LogP contribution in [0.2, 0.25) is 5.15 Å². The van der Waals surface area contributed by atoms with Crippen molar-refractivity contribution < 1.29 is 8.42 Å². The van der Waals surface area contributed by atoms with Gasteiger partial charge in [-0.3, -0.25) is 9.71 Å². The summed E-state index contributed by atoms with van der Waals surface area (Å²) in [4.78, 5) is 8.31. The van der Waals surface area contributed by atoms with Crippen LogP contribution in [0.25, 0.3) is 22.0 Å². The average Bonchev–Trinajstić information content (AvgIpc) is 2.48. The number of anilines is 1. The second kappa shape index (κ2) is 5.55. The van der Waals surface area contributed by atoms with Crippen molar-refractivity contribution >= 4 is 38.2 Å². The number of hydrogen-bond acceptors (Lipinski definition) is 4. The Labute approximate surface area is 133 Å². The first-order chi connectivity index (χ1) is 10.4. The zero-order chi connectivity index (χ0) is 15.7. The lowest BCUT2D eigenvalue weighted by atomic mass is 10.0. The van der Waals surface area contributed by atoms with Gasteiger partial charge in [-0.05, 0) is 29.8 Å². The van der Waals surface area contributed by atoms with Gasteiger partial charge in [-0.25, -0.2) is 13.4 Å². The maximum absolute atomic E-state index is 11.4. The molecule has 0 spiro atoms. The van der Waals surface area contributed by atoms with Crippen LogP contribution in [0.5, 0.6) is 0 Å². The first kappa shape index (κ1) is 14.7. The minimum atomic E-state index is -3.42. The lowest BCUT2D eigenvalue weighted by Gasteiger charge is -2.09. The van der Waals surface area contributed by atoms with Gasteiger partial charge in [-0.15, -0.1) is 0 Å². The number of halogens is 1. The molecule has 5 nitrogen and oxygen atoms in total. The fourth-order valence-electron chi connectivity index (χ4n) is 2.13. The molecule has 0 aliphatic carbocycles. The molecule has 7 heteroatoms. The lowest BCUT2D eigenvalue weighted by molar-refractivity contribution is 0.607. The van der Waals surface area contributed by atoms with E-state index in [4.69, 9.17) is 11.6 Å². The molecule has 0 radical (unpaired) electrons. The third kappa shape index (κ3) is 3.18. The number of sulfonamides is 1. The molecule has 0 fully saturated rings. The normalized spacial score (nSPS) is 11.5. The van der Waals surface area contributed by atoms with Gasteiger partial charge < -0.3 is 0 Å². The second-order valence-electron chi connectivity index (χ2n) is 4.85. The summed E-state index contributed by atoms with van der Waals surface area (Å²) in [6.45, 7) is 0. The molecule has 0 aliphatic rings. The highest BCUT2D eigenvalue weighted by Crippen LogP contribution is 2.28. The number of hydrogen-bond donors (Lipinski definition) is 1. The van der Waals surface area contributed by atoms with Crippen molar-refractivity contribution in [2.24, 2.45) is 0 Å². The summed E-state index contributed by atoms with van der Waals surface area (Å²) in [6.07, 6.45) is 4.41. The molecule has 0 amide bonds. The van der Waals surface area contributed by atoms with Gasteiger partial charge in [0.2, 0.25) is 10.0 Å². The molecule has 1 N–H and O–H groups in total. The minimum absolute atomic E-state index is 0.108. The SMILES string of the molecule is CS(=O)(=O)Nc1cc(-c2ccc3ncccc3c2)cnc1Cl. The molecule has 22 heavy (non-hydrogen) atoms. The van der Waals surface area contributed by atoms with Crippen LogP contribution in [0.3, 0.4) is 0 Å². The van der Waals surface area contributed by atoms with Gasteiger partial charge >= 0.3 is 0 Å². The number of rotatable bonds is 3. The van der Waals surface area contributed by atoms with E-state index in [1.54, 1.807) is 18.5 Å². The lowest BCUT2D eigenvalue weighted by Crippen LogP contribution is -2.10. The van der Waals surface area contributed by atoms with Gasteiger partial charge in [0.1, 0.15) is 0 Å². The van der Waals surface area contributed by atoms with E-state index in [1.807, 2.05) is 30.3 Å². The summed E-state index contributed by atoms with van der Waals surface area (Å²) in [5.41, 5.74) is 2.82. The summed E-state index contributed by atoms with van der Waals surface area (Å²) >= 11 is 5.94. The van der Waals surface area contributed by atoms with Crippen LogP contribution in [-0.4, -0.2) is 24.6 Å². The molecule has 0 bridgehead atoms. The Kier molecular flexibility index (Phi) is 3.72. The van der Waals surface area contributed by atoms with Gasteiger partial charge in [-0.2, -0.15) is 0 Å². The number of fused-ring (bicyclic) bond motifs is 1. The van der Waals surface area contributed by atoms with Crippen LogP contribution < -0.4 is 4.72 Å². The van der Waals surface area contributed by atoms with Crippen LogP contribution >= 0.6 is 11.6 Å². The highest BCUT2D eigenvalue weighted by molar-refractivity contribution is 7.92. The fourth-order valence-corrected chi connectivity index (χ4v) is 2.89. The van der Waals surface area contributed by atoms with E-state index in [1.165, 1.54) is 0 Å². The number of aromatic nitrogens is 2. The predicted octanol–water partition coefficient (Wildman–Crippen LogP) is 3.32. The van der Waals surface area contributed by atoms with Gasteiger partial charge in [0.25, 0.3) is 0 Å². The van der Waals surface area contributed by atoms with Crippen molar-refractivity contribution in [3.63, 3.8) is 0 Å². The number of pyridine rings is 2. The van der Waals surface area contributed by atoms with Crippen LogP contribution in [0, 0.1) is 0 Å². The van der Waals surface area contributed by atoms with Crippen molar-refractivity contribution in [2.45, 2.75) is 0 Å². The zero-order valence-corrected chi connectivity index (χ0v) is 13.2. The maximum Gasteiger partial charge on any atom is 0.229 e. The van der Waals surface area contributed by atoms with E-state index in [-0.39, 0.29) is 10.8 Å². The summed E-state index contributed by atoms with van der Waals surface area (Å²) in [6, 6.07) is 11.3. The molecule has 0 atom stereocenters. The van der Waals surface area contributed by atoms with Crippen LogP contribution in [-0.2, 0) is 10.0 Å². The molecule has 3 aromatic rings. The summed E-state index contributed by atoms with van der Waals surface area (Å²) in [5.74, 6) is 0. The molecule has 0 saturated carbocycles. The molecular weight excluding hydrogens is 322 g/mol.